The molecule has 2 rings (SSSR count). The van der Waals surface area contributed by atoms with Crippen LogP contribution in [0.4, 0.5) is 26.2 Å². The second kappa shape index (κ2) is 4.32. The Morgan fingerprint density at radius 3 is 2.71 bits per heavy atom. The van der Waals surface area contributed by atoms with Gasteiger partial charge in [0.1, 0.15) is 17.5 Å². The summed E-state index contributed by atoms with van der Waals surface area (Å²) < 4.78 is 26.8. The van der Waals surface area contributed by atoms with Crippen molar-refractivity contribution in [1.29, 1.82) is 0 Å². The number of halogens is 2. The Labute approximate surface area is 96.5 Å². The molecule has 0 aliphatic rings. The monoisotopic (exact) mass is 236 g/mol. The summed E-state index contributed by atoms with van der Waals surface area (Å²) in [7, 11) is 0. The zero-order valence-corrected chi connectivity index (χ0v) is 9.04. The van der Waals surface area contributed by atoms with E-state index in [4.69, 9.17) is 5.73 Å². The van der Waals surface area contributed by atoms with E-state index in [0.717, 1.165) is 12.1 Å². The minimum Gasteiger partial charge on any atom is -0.384 e. The second-order valence-corrected chi connectivity index (χ2v) is 3.51. The number of aryl methyl sites for hydroxylation is 1. The summed E-state index contributed by atoms with van der Waals surface area (Å²) >= 11 is 0. The van der Waals surface area contributed by atoms with Crippen molar-refractivity contribution in [3.8, 4) is 0 Å². The van der Waals surface area contributed by atoms with Crippen LogP contribution >= 0.6 is 0 Å². The molecule has 0 fully saturated rings. The molecular formula is C11H10F2N4. The average Bonchev–Trinajstić information content (AvgIpc) is 2.26. The predicted molar refractivity (Wildman–Crippen MR) is 60.8 cm³/mol. The Morgan fingerprint density at radius 1 is 1.24 bits per heavy atom. The number of nitrogens with zero attached hydrogens (tertiary/aromatic N) is 2. The predicted octanol–water partition coefficient (Wildman–Crippen LogP) is 2.39. The molecule has 0 radical (unpaired) electrons. The molecular weight excluding hydrogens is 226 g/mol. The number of rotatable bonds is 2. The first-order valence-corrected chi connectivity index (χ1v) is 4.87. The number of nitrogens with one attached hydrogen (secondary N) is 1. The van der Waals surface area contributed by atoms with Gasteiger partial charge in [0.05, 0.1) is 5.69 Å². The van der Waals surface area contributed by atoms with Crippen molar-refractivity contribution in [1.82, 2.24) is 9.97 Å². The van der Waals surface area contributed by atoms with Crippen molar-refractivity contribution >= 4 is 17.5 Å². The van der Waals surface area contributed by atoms with Gasteiger partial charge in [-0.05, 0) is 24.6 Å². The molecule has 0 aliphatic heterocycles. The summed E-state index contributed by atoms with van der Waals surface area (Å²) in [4.78, 5) is 7.66. The molecule has 0 saturated heterocycles. The van der Waals surface area contributed by atoms with Crippen LogP contribution in [0.5, 0.6) is 0 Å². The maximum absolute atomic E-state index is 13.5. The number of benzene rings is 1. The summed E-state index contributed by atoms with van der Waals surface area (Å²) in [5, 5.41) is 2.56. The number of hydrogen-bond donors (Lipinski definition) is 2. The van der Waals surface area contributed by atoms with Crippen LogP contribution in [0.1, 0.15) is 5.56 Å². The third kappa shape index (κ3) is 2.47. The molecule has 6 heteroatoms. The van der Waals surface area contributed by atoms with Gasteiger partial charge in [-0.1, -0.05) is 0 Å². The SMILES string of the molecule is Cc1cc(F)c(Nc2nccc(N)n2)cc1F. The summed E-state index contributed by atoms with van der Waals surface area (Å²) in [6.07, 6.45) is 1.42. The molecule has 1 aromatic carbocycles. The van der Waals surface area contributed by atoms with Crippen LogP contribution < -0.4 is 11.1 Å². The molecule has 17 heavy (non-hydrogen) atoms. The van der Waals surface area contributed by atoms with E-state index < -0.39 is 11.6 Å². The van der Waals surface area contributed by atoms with Crippen molar-refractivity contribution in [3.05, 3.63) is 41.6 Å². The standard InChI is InChI=1S/C11H10F2N4/c1-6-4-8(13)9(5-7(6)12)16-11-15-3-2-10(14)17-11/h2-5H,1H3,(H3,14,15,16,17). The van der Waals surface area contributed by atoms with Crippen molar-refractivity contribution in [2.24, 2.45) is 0 Å². The quantitative estimate of drug-likeness (QED) is 0.840. The molecule has 0 amide bonds. The van der Waals surface area contributed by atoms with Crippen LogP contribution in [0.25, 0.3) is 0 Å². The highest BCUT2D eigenvalue weighted by atomic mass is 19.1. The van der Waals surface area contributed by atoms with Gasteiger partial charge in [0.15, 0.2) is 0 Å². The lowest BCUT2D eigenvalue weighted by molar-refractivity contribution is 0.595. The van der Waals surface area contributed by atoms with Crippen molar-refractivity contribution in [2.75, 3.05) is 11.1 Å². The van der Waals surface area contributed by atoms with Gasteiger partial charge < -0.3 is 11.1 Å². The van der Waals surface area contributed by atoms with Crippen LogP contribution in [0.15, 0.2) is 24.4 Å². The van der Waals surface area contributed by atoms with Gasteiger partial charge in [0.25, 0.3) is 0 Å². The third-order valence-electron chi connectivity index (χ3n) is 2.17. The number of nitrogens with two attached hydrogens (primary N) is 1. The fraction of sp³-hybridized carbons (Fsp3) is 0.0909. The molecule has 2 aromatic rings. The third-order valence-corrected chi connectivity index (χ3v) is 2.17. The van der Waals surface area contributed by atoms with E-state index in [0.29, 0.717) is 0 Å². The van der Waals surface area contributed by atoms with E-state index in [2.05, 4.69) is 15.3 Å². The first-order chi connectivity index (χ1) is 8.06. The van der Waals surface area contributed by atoms with Crippen LogP contribution in [0, 0.1) is 18.6 Å². The molecule has 1 aromatic heterocycles. The van der Waals surface area contributed by atoms with Crippen LogP contribution in [0.2, 0.25) is 0 Å². The van der Waals surface area contributed by atoms with Gasteiger partial charge in [0, 0.05) is 12.3 Å². The zero-order chi connectivity index (χ0) is 12.4. The lowest BCUT2D eigenvalue weighted by Gasteiger charge is -2.07. The Balaban J connectivity index is 2.33. The smallest absolute Gasteiger partial charge is 0.229 e. The second-order valence-electron chi connectivity index (χ2n) is 3.51. The summed E-state index contributed by atoms with van der Waals surface area (Å²) in [5.41, 5.74) is 5.65. The molecule has 0 spiro atoms. The first-order valence-electron chi connectivity index (χ1n) is 4.87. The Hall–Kier alpha value is -2.24. The minimum atomic E-state index is -0.574. The average molecular weight is 236 g/mol. The maximum Gasteiger partial charge on any atom is 0.229 e. The molecule has 4 nitrogen and oxygen atoms in total. The lowest BCUT2D eigenvalue weighted by atomic mass is 10.2. The van der Waals surface area contributed by atoms with Crippen molar-refractivity contribution < 1.29 is 8.78 Å². The summed E-state index contributed by atoms with van der Waals surface area (Å²) in [6.45, 7) is 1.49. The lowest BCUT2D eigenvalue weighted by Crippen LogP contribution is -2.02. The van der Waals surface area contributed by atoms with Gasteiger partial charge in [-0.2, -0.15) is 4.98 Å². The van der Waals surface area contributed by atoms with Crippen LogP contribution in [0.3, 0.4) is 0 Å². The molecule has 3 N–H and O–H groups in total. The number of aromatic nitrogens is 2. The van der Waals surface area contributed by atoms with Gasteiger partial charge in [-0.3, -0.25) is 0 Å². The summed E-state index contributed by atoms with van der Waals surface area (Å²) in [5.74, 6) is -0.713. The highest BCUT2D eigenvalue weighted by molar-refractivity contribution is 5.55. The number of nitrogen functional groups attached to an aromatic ring is 1. The molecule has 1 heterocycles. The molecule has 0 unspecified atom stereocenters. The minimum absolute atomic E-state index is 0.0290. The van der Waals surface area contributed by atoms with E-state index in [9.17, 15) is 8.78 Å². The van der Waals surface area contributed by atoms with E-state index in [-0.39, 0.29) is 23.0 Å². The number of anilines is 3. The van der Waals surface area contributed by atoms with Gasteiger partial charge in [0.2, 0.25) is 5.95 Å². The van der Waals surface area contributed by atoms with E-state index in [1.807, 2.05) is 0 Å². The molecule has 88 valence electrons. The first kappa shape index (κ1) is 11.3. The fourth-order valence-electron chi connectivity index (χ4n) is 1.30. The Morgan fingerprint density at radius 2 is 2.00 bits per heavy atom. The Kier molecular flexibility index (Phi) is 2.86. The van der Waals surface area contributed by atoms with Gasteiger partial charge >= 0.3 is 0 Å². The fourth-order valence-corrected chi connectivity index (χ4v) is 1.30. The van der Waals surface area contributed by atoms with Crippen molar-refractivity contribution in [2.45, 2.75) is 6.92 Å². The largest absolute Gasteiger partial charge is 0.384 e. The maximum atomic E-state index is 13.5. The normalized spacial score (nSPS) is 10.3. The highest BCUT2D eigenvalue weighted by Crippen LogP contribution is 2.21. The van der Waals surface area contributed by atoms with Crippen molar-refractivity contribution in [3.63, 3.8) is 0 Å². The molecule has 0 bridgehead atoms. The topological polar surface area (TPSA) is 63.8 Å². The number of hydrogen-bond acceptors (Lipinski definition) is 4. The van der Waals surface area contributed by atoms with E-state index >= 15 is 0 Å². The highest BCUT2D eigenvalue weighted by Gasteiger charge is 2.08. The Bertz CT molecular complexity index is 557. The van der Waals surface area contributed by atoms with Crippen LogP contribution in [-0.2, 0) is 0 Å². The zero-order valence-electron chi connectivity index (χ0n) is 9.04. The molecule has 0 saturated carbocycles. The van der Waals surface area contributed by atoms with Gasteiger partial charge in [-0.25, -0.2) is 13.8 Å². The van der Waals surface area contributed by atoms with E-state index in [1.54, 1.807) is 0 Å². The van der Waals surface area contributed by atoms with E-state index in [1.165, 1.54) is 19.2 Å². The van der Waals surface area contributed by atoms with Crippen LogP contribution in [-0.4, -0.2) is 9.97 Å². The van der Waals surface area contributed by atoms with Gasteiger partial charge in [-0.15, -0.1) is 0 Å². The molecule has 0 atom stereocenters. The molecule has 0 aliphatic carbocycles. The summed E-state index contributed by atoms with van der Waals surface area (Å²) in [6, 6.07) is 3.65.